The topological polar surface area (TPSA) is 38.0 Å². The van der Waals surface area contributed by atoms with E-state index < -0.39 is 0 Å². The summed E-state index contributed by atoms with van der Waals surface area (Å²) in [5.41, 5.74) is 8.05. The van der Waals surface area contributed by atoms with Crippen molar-refractivity contribution in [3.05, 3.63) is 68.1 Å². The van der Waals surface area contributed by atoms with Gasteiger partial charge in [0.15, 0.2) is 0 Å². The van der Waals surface area contributed by atoms with Crippen molar-refractivity contribution in [2.24, 2.45) is 5.84 Å². The average Bonchev–Trinajstić information content (AvgIpc) is 2.91. The first kappa shape index (κ1) is 14.1. The van der Waals surface area contributed by atoms with E-state index in [0.29, 0.717) is 5.02 Å². The van der Waals surface area contributed by atoms with E-state index in [-0.39, 0.29) is 6.04 Å². The second-order valence-electron chi connectivity index (χ2n) is 5.15. The van der Waals surface area contributed by atoms with Crippen molar-refractivity contribution < 1.29 is 0 Å². The Morgan fingerprint density at radius 1 is 1.10 bits per heavy atom. The monoisotopic (exact) mass is 350 g/mol. The van der Waals surface area contributed by atoms with Gasteiger partial charge in [-0.25, -0.2) is 5.43 Å². The van der Waals surface area contributed by atoms with Gasteiger partial charge in [-0.2, -0.15) is 0 Å². The first-order valence-corrected chi connectivity index (χ1v) is 7.89. The van der Waals surface area contributed by atoms with Crippen LogP contribution >= 0.6 is 27.5 Å². The minimum atomic E-state index is -0.0611. The van der Waals surface area contributed by atoms with Crippen LogP contribution in [0.2, 0.25) is 5.02 Å². The lowest BCUT2D eigenvalue weighted by molar-refractivity contribution is 0.634. The van der Waals surface area contributed by atoms with Crippen molar-refractivity contribution in [3.63, 3.8) is 0 Å². The van der Waals surface area contributed by atoms with E-state index in [2.05, 4.69) is 39.6 Å². The summed E-state index contributed by atoms with van der Waals surface area (Å²) < 4.78 is 1.00. The number of halogens is 2. The van der Waals surface area contributed by atoms with Crippen molar-refractivity contribution in [1.82, 2.24) is 5.43 Å². The molecule has 0 aliphatic heterocycles. The van der Waals surface area contributed by atoms with Crippen LogP contribution in [-0.2, 0) is 12.8 Å². The predicted octanol–water partition coefficient (Wildman–Crippen LogP) is 4.14. The molecule has 1 unspecified atom stereocenters. The molecule has 2 nitrogen and oxygen atoms in total. The molecule has 0 saturated carbocycles. The smallest absolute Gasteiger partial charge is 0.0721 e. The van der Waals surface area contributed by atoms with Crippen LogP contribution in [0.25, 0.3) is 0 Å². The van der Waals surface area contributed by atoms with Crippen LogP contribution < -0.4 is 11.3 Å². The molecule has 0 amide bonds. The highest BCUT2D eigenvalue weighted by molar-refractivity contribution is 9.10. The van der Waals surface area contributed by atoms with E-state index in [1.807, 2.05) is 18.2 Å². The molecule has 0 heterocycles. The highest BCUT2D eigenvalue weighted by Gasteiger charge is 2.18. The zero-order valence-corrected chi connectivity index (χ0v) is 13.3. The molecule has 3 rings (SSSR count). The number of nitrogens with one attached hydrogen (secondary N) is 1. The van der Waals surface area contributed by atoms with Crippen LogP contribution in [0.5, 0.6) is 0 Å². The molecule has 2 aromatic carbocycles. The van der Waals surface area contributed by atoms with Gasteiger partial charge in [-0.15, -0.1) is 0 Å². The number of hydrogen-bond acceptors (Lipinski definition) is 2. The third kappa shape index (κ3) is 2.63. The lowest BCUT2D eigenvalue weighted by Crippen LogP contribution is -2.29. The number of hydrogen-bond donors (Lipinski definition) is 2. The summed E-state index contributed by atoms with van der Waals surface area (Å²) in [5.74, 6) is 5.79. The van der Waals surface area contributed by atoms with Gasteiger partial charge >= 0.3 is 0 Å². The van der Waals surface area contributed by atoms with Crippen molar-refractivity contribution in [3.8, 4) is 0 Å². The van der Waals surface area contributed by atoms with E-state index in [0.717, 1.165) is 16.5 Å². The lowest BCUT2D eigenvalue weighted by Gasteiger charge is -2.19. The number of fused-ring (bicyclic) bond motifs is 1. The minimum Gasteiger partial charge on any atom is -0.271 e. The Morgan fingerprint density at radius 3 is 2.70 bits per heavy atom. The van der Waals surface area contributed by atoms with Gasteiger partial charge in [-0.1, -0.05) is 45.7 Å². The third-order valence-electron chi connectivity index (χ3n) is 3.89. The summed E-state index contributed by atoms with van der Waals surface area (Å²) in [6.07, 6.45) is 3.61. The zero-order valence-electron chi connectivity index (χ0n) is 11.0. The Bertz CT molecular complexity index is 642. The van der Waals surface area contributed by atoms with E-state index in [1.165, 1.54) is 29.5 Å². The van der Waals surface area contributed by atoms with Gasteiger partial charge in [0.2, 0.25) is 0 Å². The molecule has 0 fully saturated rings. The van der Waals surface area contributed by atoms with Gasteiger partial charge < -0.3 is 0 Å². The van der Waals surface area contributed by atoms with Crippen LogP contribution in [0, 0.1) is 0 Å². The van der Waals surface area contributed by atoms with Gasteiger partial charge in [-0.05, 0) is 59.7 Å². The molecular formula is C16H16BrClN2. The molecular weight excluding hydrogens is 336 g/mol. The molecule has 0 spiro atoms. The molecule has 0 saturated heterocycles. The maximum absolute atomic E-state index is 6.11. The van der Waals surface area contributed by atoms with Gasteiger partial charge in [0, 0.05) is 9.50 Å². The van der Waals surface area contributed by atoms with Gasteiger partial charge in [0.1, 0.15) is 0 Å². The van der Waals surface area contributed by atoms with Gasteiger partial charge in [0.05, 0.1) is 6.04 Å². The Labute approximate surface area is 132 Å². The van der Waals surface area contributed by atoms with Crippen LogP contribution in [0.15, 0.2) is 40.9 Å². The fourth-order valence-electron chi connectivity index (χ4n) is 2.87. The number of aryl methyl sites for hydroxylation is 2. The Morgan fingerprint density at radius 2 is 1.90 bits per heavy atom. The number of benzene rings is 2. The van der Waals surface area contributed by atoms with Crippen molar-refractivity contribution in [1.29, 1.82) is 0 Å². The van der Waals surface area contributed by atoms with Crippen molar-refractivity contribution in [2.75, 3.05) is 0 Å². The van der Waals surface area contributed by atoms with E-state index in [1.54, 1.807) is 0 Å². The largest absolute Gasteiger partial charge is 0.271 e. The van der Waals surface area contributed by atoms with Crippen LogP contribution in [0.1, 0.15) is 34.7 Å². The van der Waals surface area contributed by atoms with Crippen molar-refractivity contribution in [2.45, 2.75) is 25.3 Å². The maximum Gasteiger partial charge on any atom is 0.0721 e. The quantitative estimate of drug-likeness (QED) is 0.644. The van der Waals surface area contributed by atoms with E-state index in [9.17, 15) is 0 Å². The first-order chi connectivity index (χ1) is 9.69. The summed E-state index contributed by atoms with van der Waals surface area (Å²) in [7, 11) is 0. The zero-order chi connectivity index (χ0) is 14.1. The van der Waals surface area contributed by atoms with E-state index >= 15 is 0 Å². The Hall–Kier alpha value is -0.870. The molecule has 1 aliphatic rings. The molecule has 0 radical (unpaired) electrons. The number of nitrogens with two attached hydrogens (primary N) is 1. The molecule has 1 aliphatic carbocycles. The Kier molecular flexibility index (Phi) is 4.13. The average molecular weight is 352 g/mol. The van der Waals surface area contributed by atoms with Crippen LogP contribution in [0.3, 0.4) is 0 Å². The molecule has 3 N–H and O–H groups in total. The third-order valence-corrected chi connectivity index (χ3v) is 4.85. The standard InChI is InChI=1S/C16H16BrClN2/c17-15-7-6-13(18)9-14(15)16(20-19)12-5-4-10-2-1-3-11(10)8-12/h4-9,16,20H,1-3,19H2. The fraction of sp³-hybridized carbons (Fsp3) is 0.250. The highest BCUT2D eigenvalue weighted by Crippen LogP contribution is 2.32. The number of rotatable bonds is 3. The summed E-state index contributed by atoms with van der Waals surface area (Å²) in [5, 5.41) is 0.713. The van der Waals surface area contributed by atoms with Gasteiger partial charge in [0.25, 0.3) is 0 Å². The highest BCUT2D eigenvalue weighted by atomic mass is 79.9. The molecule has 104 valence electrons. The van der Waals surface area contributed by atoms with Crippen LogP contribution in [-0.4, -0.2) is 0 Å². The number of hydrazine groups is 1. The minimum absolute atomic E-state index is 0.0611. The summed E-state index contributed by atoms with van der Waals surface area (Å²) in [6, 6.07) is 12.3. The summed E-state index contributed by atoms with van der Waals surface area (Å²) in [4.78, 5) is 0. The molecule has 2 aromatic rings. The molecule has 4 heteroatoms. The SMILES string of the molecule is NNC(c1ccc2c(c1)CCC2)c1cc(Cl)ccc1Br. The van der Waals surface area contributed by atoms with E-state index in [4.69, 9.17) is 17.4 Å². The molecule has 0 bridgehead atoms. The summed E-state index contributed by atoms with van der Waals surface area (Å²) in [6.45, 7) is 0. The Balaban J connectivity index is 2.03. The normalized spacial score (nSPS) is 15.2. The first-order valence-electron chi connectivity index (χ1n) is 6.72. The predicted molar refractivity (Wildman–Crippen MR) is 86.8 cm³/mol. The fourth-order valence-corrected chi connectivity index (χ4v) is 3.53. The van der Waals surface area contributed by atoms with Gasteiger partial charge in [-0.3, -0.25) is 5.84 Å². The van der Waals surface area contributed by atoms with Crippen molar-refractivity contribution >= 4 is 27.5 Å². The summed E-state index contributed by atoms with van der Waals surface area (Å²) >= 11 is 9.69. The lowest BCUT2D eigenvalue weighted by atomic mass is 9.96. The molecule has 20 heavy (non-hydrogen) atoms. The van der Waals surface area contributed by atoms with Crippen LogP contribution in [0.4, 0.5) is 0 Å². The molecule has 0 aromatic heterocycles. The maximum atomic E-state index is 6.11. The second kappa shape index (κ2) is 5.86. The second-order valence-corrected chi connectivity index (χ2v) is 6.44. The molecule has 1 atom stereocenters.